The first kappa shape index (κ1) is 13.8. The molecule has 0 saturated carbocycles. The zero-order valence-electron chi connectivity index (χ0n) is 11.1. The summed E-state index contributed by atoms with van der Waals surface area (Å²) in [6.45, 7) is 5.66. The second kappa shape index (κ2) is 7.07. The number of carbonyl (C=O) groups excluding carboxylic acids is 1. The average Bonchev–Trinajstić information content (AvgIpc) is 2.40. The van der Waals surface area contributed by atoms with Crippen LogP contribution in [0.4, 0.5) is 0 Å². The molecule has 104 valence electrons. The van der Waals surface area contributed by atoms with Crippen LogP contribution in [0.2, 0.25) is 0 Å². The van der Waals surface area contributed by atoms with Gasteiger partial charge in [0, 0.05) is 19.0 Å². The Balaban J connectivity index is 1.64. The molecule has 0 aromatic carbocycles. The highest BCUT2D eigenvalue weighted by atomic mass is 16.6. The van der Waals surface area contributed by atoms with Gasteiger partial charge in [0.1, 0.15) is 0 Å². The van der Waals surface area contributed by atoms with E-state index in [1.807, 2.05) is 0 Å². The summed E-state index contributed by atoms with van der Waals surface area (Å²) < 4.78 is 10.8. The van der Waals surface area contributed by atoms with Gasteiger partial charge in [-0.1, -0.05) is 6.92 Å². The van der Waals surface area contributed by atoms with Crippen molar-refractivity contribution in [3.05, 3.63) is 0 Å². The predicted octanol–water partition coefficient (Wildman–Crippen LogP) is 0.296. The average molecular weight is 256 g/mol. The van der Waals surface area contributed by atoms with Crippen molar-refractivity contribution in [1.82, 2.24) is 10.6 Å². The third kappa shape index (κ3) is 4.23. The molecule has 2 N–H and O–H groups in total. The molecule has 2 aliphatic heterocycles. The Morgan fingerprint density at radius 1 is 1.44 bits per heavy atom. The number of carbonyl (C=O) groups is 1. The first-order valence-electron chi connectivity index (χ1n) is 6.95. The second-order valence-corrected chi connectivity index (χ2v) is 5.26. The summed E-state index contributed by atoms with van der Waals surface area (Å²) in [7, 11) is 0. The van der Waals surface area contributed by atoms with Crippen molar-refractivity contribution in [2.24, 2.45) is 5.92 Å². The molecular weight excluding hydrogens is 232 g/mol. The highest BCUT2D eigenvalue weighted by Gasteiger charge is 2.23. The normalized spacial score (nSPS) is 33.1. The van der Waals surface area contributed by atoms with Crippen molar-refractivity contribution >= 4 is 5.91 Å². The van der Waals surface area contributed by atoms with Crippen molar-refractivity contribution < 1.29 is 14.3 Å². The van der Waals surface area contributed by atoms with Gasteiger partial charge in [-0.15, -0.1) is 0 Å². The van der Waals surface area contributed by atoms with Crippen LogP contribution in [0.25, 0.3) is 0 Å². The second-order valence-electron chi connectivity index (χ2n) is 5.26. The predicted molar refractivity (Wildman–Crippen MR) is 68.4 cm³/mol. The van der Waals surface area contributed by atoms with Gasteiger partial charge in [0.2, 0.25) is 5.91 Å². The number of nitrogens with one attached hydrogen (secondary N) is 2. The maximum atomic E-state index is 11.9. The summed E-state index contributed by atoms with van der Waals surface area (Å²) in [5, 5.41) is 6.36. The largest absolute Gasteiger partial charge is 0.376 e. The van der Waals surface area contributed by atoms with Crippen molar-refractivity contribution in [1.29, 1.82) is 0 Å². The van der Waals surface area contributed by atoms with Gasteiger partial charge >= 0.3 is 0 Å². The van der Waals surface area contributed by atoms with Crippen LogP contribution in [0.5, 0.6) is 0 Å². The van der Waals surface area contributed by atoms with Crippen molar-refractivity contribution in [3.8, 4) is 0 Å². The van der Waals surface area contributed by atoms with Gasteiger partial charge in [0.25, 0.3) is 0 Å². The number of piperidine rings is 1. The maximum absolute atomic E-state index is 11.9. The van der Waals surface area contributed by atoms with Crippen molar-refractivity contribution in [2.75, 3.05) is 32.9 Å². The summed E-state index contributed by atoms with van der Waals surface area (Å²) in [5.74, 6) is 0.689. The first-order chi connectivity index (χ1) is 8.75. The standard InChI is InChI=1S/C13H24N2O3/c1-10-3-2-4-14-12(10)7-13(16)15-8-11-9-17-5-6-18-11/h10-12,14H,2-9H2,1H3,(H,15,16). The topological polar surface area (TPSA) is 59.6 Å². The number of ether oxygens (including phenoxy) is 2. The van der Waals surface area contributed by atoms with Gasteiger partial charge in [-0.05, 0) is 25.3 Å². The number of hydrogen-bond acceptors (Lipinski definition) is 4. The van der Waals surface area contributed by atoms with E-state index in [2.05, 4.69) is 17.6 Å². The number of amides is 1. The van der Waals surface area contributed by atoms with Gasteiger partial charge in [0.15, 0.2) is 0 Å². The Morgan fingerprint density at radius 3 is 3.06 bits per heavy atom. The fourth-order valence-electron chi connectivity index (χ4n) is 2.54. The van der Waals surface area contributed by atoms with Gasteiger partial charge in [-0.25, -0.2) is 0 Å². The van der Waals surface area contributed by atoms with Crippen LogP contribution in [-0.2, 0) is 14.3 Å². The highest BCUT2D eigenvalue weighted by molar-refractivity contribution is 5.76. The van der Waals surface area contributed by atoms with Crippen LogP contribution in [0.3, 0.4) is 0 Å². The summed E-state index contributed by atoms with van der Waals surface area (Å²) in [4.78, 5) is 11.9. The van der Waals surface area contributed by atoms with E-state index in [0.717, 1.165) is 6.54 Å². The van der Waals surface area contributed by atoms with E-state index in [0.29, 0.717) is 44.7 Å². The lowest BCUT2D eigenvalue weighted by molar-refractivity contribution is -0.124. The quantitative estimate of drug-likeness (QED) is 0.759. The Hall–Kier alpha value is -0.650. The van der Waals surface area contributed by atoms with Crippen LogP contribution in [0.15, 0.2) is 0 Å². The van der Waals surface area contributed by atoms with E-state index in [9.17, 15) is 4.79 Å². The first-order valence-corrected chi connectivity index (χ1v) is 6.95. The molecule has 1 amide bonds. The third-order valence-electron chi connectivity index (χ3n) is 3.75. The molecule has 2 fully saturated rings. The molecule has 2 heterocycles. The Bertz CT molecular complexity index is 267. The van der Waals surface area contributed by atoms with Gasteiger partial charge < -0.3 is 20.1 Å². The lowest BCUT2D eigenvalue weighted by atomic mass is 9.90. The minimum absolute atomic E-state index is 0.0134. The van der Waals surface area contributed by atoms with Crippen molar-refractivity contribution in [3.63, 3.8) is 0 Å². The number of rotatable bonds is 4. The van der Waals surface area contributed by atoms with Gasteiger partial charge in [-0.3, -0.25) is 4.79 Å². The molecule has 3 unspecified atom stereocenters. The van der Waals surface area contributed by atoms with Crippen LogP contribution in [-0.4, -0.2) is 51.0 Å². The molecule has 2 aliphatic rings. The van der Waals surface area contributed by atoms with Crippen LogP contribution < -0.4 is 10.6 Å². The SMILES string of the molecule is CC1CCCNC1CC(=O)NCC1COCCO1. The minimum atomic E-state index is 0.0134. The molecule has 18 heavy (non-hydrogen) atoms. The molecule has 5 nitrogen and oxygen atoms in total. The third-order valence-corrected chi connectivity index (χ3v) is 3.75. The van der Waals surface area contributed by atoms with Crippen LogP contribution >= 0.6 is 0 Å². The van der Waals surface area contributed by atoms with Crippen LogP contribution in [0, 0.1) is 5.92 Å². The number of hydrogen-bond donors (Lipinski definition) is 2. The monoisotopic (exact) mass is 256 g/mol. The lowest BCUT2D eigenvalue weighted by Gasteiger charge is -2.30. The summed E-state index contributed by atoms with van der Waals surface area (Å²) in [6, 6.07) is 0.322. The maximum Gasteiger partial charge on any atom is 0.221 e. The van der Waals surface area contributed by atoms with E-state index in [1.54, 1.807) is 0 Å². The molecule has 5 heteroatoms. The zero-order valence-corrected chi connectivity index (χ0v) is 11.1. The molecule has 0 aromatic heterocycles. The van der Waals surface area contributed by atoms with Crippen molar-refractivity contribution in [2.45, 2.75) is 38.3 Å². The van der Waals surface area contributed by atoms with E-state index < -0.39 is 0 Å². The van der Waals surface area contributed by atoms with Gasteiger partial charge in [0.05, 0.1) is 25.9 Å². The van der Waals surface area contributed by atoms with E-state index in [4.69, 9.17) is 9.47 Å². The minimum Gasteiger partial charge on any atom is -0.376 e. The van der Waals surface area contributed by atoms with E-state index >= 15 is 0 Å². The molecule has 0 aromatic rings. The molecule has 0 bridgehead atoms. The van der Waals surface area contributed by atoms with E-state index in [-0.39, 0.29) is 12.0 Å². The molecule has 0 radical (unpaired) electrons. The molecular formula is C13H24N2O3. The highest BCUT2D eigenvalue weighted by Crippen LogP contribution is 2.17. The molecule has 2 rings (SSSR count). The van der Waals surface area contributed by atoms with E-state index in [1.165, 1.54) is 12.8 Å². The molecule has 0 spiro atoms. The fourth-order valence-corrected chi connectivity index (χ4v) is 2.54. The van der Waals surface area contributed by atoms with Crippen LogP contribution in [0.1, 0.15) is 26.2 Å². The molecule has 3 atom stereocenters. The summed E-state index contributed by atoms with van der Waals surface area (Å²) in [5.41, 5.74) is 0. The lowest BCUT2D eigenvalue weighted by Crippen LogP contribution is -2.45. The Morgan fingerprint density at radius 2 is 2.33 bits per heavy atom. The smallest absolute Gasteiger partial charge is 0.221 e. The summed E-state index contributed by atoms with van der Waals surface area (Å²) in [6.07, 6.45) is 3.01. The molecule has 0 aliphatic carbocycles. The molecule has 2 saturated heterocycles. The summed E-state index contributed by atoms with van der Waals surface area (Å²) >= 11 is 0. The zero-order chi connectivity index (χ0) is 12.8. The Kier molecular flexibility index (Phi) is 5.41. The Labute approximate surface area is 109 Å². The fraction of sp³-hybridized carbons (Fsp3) is 0.923. The van der Waals surface area contributed by atoms with Gasteiger partial charge in [-0.2, -0.15) is 0 Å².